The number of nitrogens with zero attached hydrogens (tertiary/aromatic N) is 1. The van der Waals surface area contributed by atoms with Crippen molar-refractivity contribution < 1.29 is 4.74 Å². The van der Waals surface area contributed by atoms with E-state index in [2.05, 4.69) is 44.3 Å². The van der Waals surface area contributed by atoms with Gasteiger partial charge >= 0.3 is 0 Å². The first-order chi connectivity index (χ1) is 9.83. The van der Waals surface area contributed by atoms with Crippen molar-refractivity contribution in [3.63, 3.8) is 0 Å². The average molecular weight is 339 g/mol. The van der Waals surface area contributed by atoms with E-state index >= 15 is 0 Å². The van der Waals surface area contributed by atoms with Crippen LogP contribution < -0.4 is 10.2 Å². The molecule has 0 aliphatic carbocycles. The summed E-state index contributed by atoms with van der Waals surface area (Å²) in [7, 11) is 0. The quantitative estimate of drug-likeness (QED) is 0.916. The minimum Gasteiger partial charge on any atom is -0.378 e. The minimum atomic E-state index is 0.637. The number of rotatable bonds is 3. The van der Waals surface area contributed by atoms with Gasteiger partial charge in [0.15, 0.2) is 0 Å². The van der Waals surface area contributed by atoms with Gasteiger partial charge in [-0.05, 0) is 49.6 Å². The summed E-state index contributed by atoms with van der Waals surface area (Å²) in [6, 6.07) is 7.34. The number of piperidine rings is 1. The van der Waals surface area contributed by atoms with E-state index in [0.29, 0.717) is 6.04 Å². The van der Waals surface area contributed by atoms with Crippen molar-refractivity contribution in [3.05, 3.63) is 28.2 Å². The second-order valence-corrected chi connectivity index (χ2v) is 6.64. The molecule has 1 aromatic rings. The van der Waals surface area contributed by atoms with Crippen molar-refractivity contribution in [1.29, 1.82) is 0 Å². The highest BCUT2D eigenvalue weighted by molar-refractivity contribution is 9.10. The molecule has 1 unspecified atom stereocenters. The van der Waals surface area contributed by atoms with Crippen LogP contribution in [0, 0.1) is 0 Å². The lowest BCUT2D eigenvalue weighted by atomic mass is 9.96. The molecule has 20 heavy (non-hydrogen) atoms. The average Bonchev–Trinajstić information content (AvgIpc) is 2.49. The summed E-state index contributed by atoms with van der Waals surface area (Å²) in [4.78, 5) is 2.47. The third kappa shape index (κ3) is 3.54. The maximum absolute atomic E-state index is 5.47. The van der Waals surface area contributed by atoms with Crippen LogP contribution in [-0.4, -0.2) is 38.9 Å². The van der Waals surface area contributed by atoms with E-state index in [-0.39, 0.29) is 0 Å². The fourth-order valence-electron chi connectivity index (χ4n) is 3.19. The van der Waals surface area contributed by atoms with Crippen LogP contribution in [0.3, 0.4) is 0 Å². The largest absolute Gasteiger partial charge is 0.378 e. The van der Waals surface area contributed by atoms with Crippen LogP contribution in [0.4, 0.5) is 5.69 Å². The number of ether oxygens (including phenoxy) is 1. The van der Waals surface area contributed by atoms with Gasteiger partial charge in [0.25, 0.3) is 0 Å². The molecule has 3 rings (SSSR count). The normalized spacial score (nSPS) is 23.9. The van der Waals surface area contributed by atoms with Crippen LogP contribution in [0.2, 0.25) is 0 Å². The van der Waals surface area contributed by atoms with Gasteiger partial charge in [0.1, 0.15) is 0 Å². The topological polar surface area (TPSA) is 24.5 Å². The first-order valence-corrected chi connectivity index (χ1v) is 8.47. The zero-order valence-corrected chi connectivity index (χ0v) is 13.5. The van der Waals surface area contributed by atoms with Crippen molar-refractivity contribution in [1.82, 2.24) is 5.32 Å². The summed E-state index contributed by atoms with van der Waals surface area (Å²) >= 11 is 3.62. The van der Waals surface area contributed by atoms with Crippen molar-refractivity contribution >= 4 is 21.6 Å². The Balaban J connectivity index is 1.77. The molecular weight excluding hydrogens is 316 g/mol. The molecule has 2 heterocycles. The van der Waals surface area contributed by atoms with E-state index in [1.54, 1.807) is 0 Å². The Morgan fingerprint density at radius 2 is 2.10 bits per heavy atom. The minimum absolute atomic E-state index is 0.637. The van der Waals surface area contributed by atoms with Gasteiger partial charge in [-0.1, -0.05) is 22.4 Å². The van der Waals surface area contributed by atoms with Crippen LogP contribution >= 0.6 is 15.9 Å². The van der Waals surface area contributed by atoms with Gasteiger partial charge in [-0.25, -0.2) is 0 Å². The molecule has 1 aromatic carbocycles. The highest BCUT2D eigenvalue weighted by atomic mass is 79.9. The van der Waals surface area contributed by atoms with Crippen LogP contribution in [0.5, 0.6) is 0 Å². The lowest BCUT2D eigenvalue weighted by molar-refractivity contribution is 0.122. The molecule has 0 radical (unpaired) electrons. The molecule has 1 atom stereocenters. The van der Waals surface area contributed by atoms with Gasteiger partial charge in [-0.15, -0.1) is 0 Å². The second kappa shape index (κ2) is 6.92. The predicted octanol–water partition coefficient (Wildman–Crippen LogP) is 2.97. The molecule has 2 aliphatic heterocycles. The number of benzene rings is 1. The van der Waals surface area contributed by atoms with Crippen molar-refractivity contribution in [2.24, 2.45) is 0 Å². The van der Waals surface area contributed by atoms with Gasteiger partial charge in [-0.2, -0.15) is 0 Å². The van der Waals surface area contributed by atoms with Gasteiger partial charge < -0.3 is 15.0 Å². The third-order valence-electron chi connectivity index (χ3n) is 4.27. The zero-order valence-electron chi connectivity index (χ0n) is 11.9. The molecule has 0 spiro atoms. The molecule has 1 N–H and O–H groups in total. The molecule has 2 saturated heterocycles. The molecule has 110 valence electrons. The van der Waals surface area contributed by atoms with E-state index in [0.717, 1.165) is 32.7 Å². The van der Waals surface area contributed by atoms with E-state index in [1.807, 2.05) is 0 Å². The Bertz CT molecular complexity index is 440. The van der Waals surface area contributed by atoms with Gasteiger partial charge in [0, 0.05) is 29.3 Å². The second-order valence-electron chi connectivity index (χ2n) is 5.72. The monoisotopic (exact) mass is 338 g/mol. The van der Waals surface area contributed by atoms with Crippen LogP contribution in [0.15, 0.2) is 22.7 Å². The summed E-state index contributed by atoms with van der Waals surface area (Å²) in [5.41, 5.74) is 2.85. The first kappa shape index (κ1) is 14.4. The van der Waals surface area contributed by atoms with Crippen LogP contribution in [-0.2, 0) is 11.2 Å². The number of hydrogen-bond acceptors (Lipinski definition) is 3. The number of morpholine rings is 1. The Morgan fingerprint density at radius 3 is 2.85 bits per heavy atom. The highest BCUT2D eigenvalue weighted by Gasteiger charge is 2.19. The van der Waals surface area contributed by atoms with E-state index in [4.69, 9.17) is 4.74 Å². The number of halogens is 1. The number of nitrogens with one attached hydrogen (secondary N) is 1. The molecule has 0 bridgehead atoms. The molecule has 0 aromatic heterocycles. The smallest absolute Gasteiger partial charge is 0.0642 e. The molecule has 2 aliphatic rings. The fourth-order valence-corrected chi connectivity index (χ4v) is 3.60. The van der Waals surface area contributed by atoms with Gasteiger partial charge in [0.05, 0.1) is 13.2 Å². The van der Waals surface area contributed by atoms with Crippen molar-refractivity contribution in [3.8, 4) is 0 Å². The molecule has 4 heteroatoms. The number of hydrogen-bond donors (Lipinski definition) is 1. The maximum atomic E-state index is 5.47. The van der Waals surface area contributed by atoms with Crippen molar-refractivity contribution in [2.75, 3.05) is 37.7 Å². The lowest BCUT2D eigenvalue weighted by Gasteiger charge is -2.32. The zero-order chi connectivity index (χ0) is 13.8. The Kier molecular flexibility index (Phi) is 4.97. The Hall–Kier alpha value is -0.580. The third-order valence-corrected chi connectivity index (χ3v) is 4.77. The summed E-state index contributed by atoms with van der Waals surface area (Å²) in [6.07, 6.45) is 5.12. The predicted molar refractivity (Wildman–Crippen MR) is 86.5 cm³/mol. The van der Waals surface area contributed by atoms with Gasteiger partial charge in [0.2, 0.25) is 0 Å². The van der Waals surface area contributed by atoms with Gasteiger partial charge in [-0.3, -0.25) is 0 Å². The Morgan fingerprint density at radius 1 is 1.25 bits per heavy atom. The summed E-state index contributed by atoms with van der Waals surface area (Å²) in [5.74, 6) is 0. The fraction of sp³-hybridized carbons (Fsp3) is 0.625. The summed E-state index contributed by atoms with van der Waals surface area (Å²) in [5, 5.41) is 3.66. The van der Waals surface area contributed by atoms with Crippen LogP contribution in [0.25, 0.3) is 0 Å². The molecular formula is C16H23BrN2O. The molecule has 2 fully saturated rings. The van der Waals surface area contributed by atoms with E-state index in [1.165, 1.54) is 41.5 Å². The standard InChI is InChI=1S/C16H23BrN2O/c17-14-4-5-16(19-7-9-20-10-8-19)13(11-14)12-15-3-1-2-6-18-15/h4-5,11,15,18H,1-3,6-10,12H2. The highest BCUT2D eigenvalue weighted by Crippen LogP contribution is 2.27. The SMILES string of the molecule is Brc1ccc(N2CCOCC2)c(CC2CCCCN2)c1. The van der Waals surface area contributed by atoms with Crippen molar-refractivity contribution in [2.45, 2.75) is 31.7 Å². The first-order valence-electron chi connectivity index (χ1n) is 7.67. The van der Waals surface area contributed by atoms with E-state index in [9.17, 15) is 0 Å². The lowest BCUT2D eigenvalue weighted by Crippen LogP contribution is -2.38. The molecule has 3 nitrogen and oxygen atoms in total. The Labute approximate surface area is 129 Å². The summed E-state index contributed by atoms with van der Waals surface area (Å²) in [6.45, 7) is 4.87. The van der Waals surface area contributed by atoms with Crippen LogP contribution in [0.1, 0.15) is 24.8 Å². The molecule has 0 saturated carbocycles. The number of anilines is 1. The summed E-state index contributed by atoms with van der Waals surface area (Å²) < 4.78 is 6.65. The maximum Gasteiger partial charge on any atom is 0.0642 e. The van der Waals surface area contributed by atoms with E-state index < -0.39 is 0 Å². The molecule has 0 amide bonds.